The van der Waals surface area contributed by atoms with Gasteiger partial charge in [0.15, 0.2) is 0 Å². The molecule has 1 heterocycles. The normalized spacial score (nSPS) is 10.5. The second-order valence-corrected chi connectivity index (χ2v) is 6.13. The van der Waals surface area contributed by atoms with Crippen LogP contribution in [0.4, 0.5) is 0 Å². The molecule has 0 fully saturated rings. The minimum Gasteiger partial charge on any atom is -0.508 e. The maximum atomic E-state index is 12.2. The summed E-state index contributed by atoms with van der Waals surface area (Å²) in [6.07, 6.45) is 0. The minimum absolute atomic E-state index is 0.0580. The number of hydrogen-bond acceptors (Lipinski definition) is 4. The molecule has 3 N–H and O–H groups in total. The average Bonchev–Trinajstić information content (AvgIpc) is 2.90. The average molecular weight is 347 g/mol. The van der Waals surface area contributed by atoms with Gasteiger partial charge in [0, 0.05) is 15.6 Å². The largest absolute Gasteiger partial charge is 0.508 e. The van der Waals surface area contributed by atoms with Gasteiger partial charge in [0.2, 0.25) is 0 Å². The molecule has 0 atom stereocenters. The molecule has 0 saturated heterocycles. The fourth-order valence-electron chi connectivity index (χ4n) is 2.02. The summed E-state index contributed by atoms with van der Waals surface area (Å²) in [6.45, 7) is 0. The molecule has 0 aliphatic rings. The number of fused-ring (bicyclic) bond motifs is 1. The van der Waals surface area contributed by atoms with Crippen LogP contribution in [0.25, 0.3) is 10.1 Å². The third-order valence-corrected chi connectivity index (χ3v) is 4.83. The van der Waals surface area contributed by atoms with Crippen LogP contribution in [-0.4, -0.2) is 16.9 Å². The van der Waals surface area contributed by atoms with E-state index in [1.165, 1.54) is 35.6 Å². The van der Waals surface area contributed by atoms with Crippen LogP contribution < -0.4 is 10.9 Å². The van der Waals surface area contributed by atoms with E-state index in [0.29, 0.717) is 15.5 Å². The summed E-state index contributed by atoms with van der Waals surface area (Å²) in [5.41, 5.74) is 4.97. The summed E-state index contributed by atoms with van der Waals surface area (Å²) in [7, 11) is 0. The molecule has 3 aromatic rings. The Morgan fingerprint density at radius 2 is 1.61 bits per heavy atom. The molecule has 1 aromatic heterocycles. The van der Waals surface area contributed by atoms with E-state index < -0.39 is 11.8 Å². The van der Waals surface area contributed by atoms with E-state index in [4.69, 9.17) is 11.6 Å². The van der Waals surface area contributed by atoms with Gasteiger partial charge < -0.3 is 5.11 Å². The van der Waals surface area contributed by atoms with E-state index in [2.05, 4.69) is 10.9 Å². The molecule has 0 aliphatic heterocycles. The number of phenolic OH excluding ortho intramolecular Hbond substituents is 1. The summed E-state index contributed by atoms with van der Waals surface area (Å²) < 4.78 is 0.896. The van der Waals surface area contributed by atoms with Crippen LogP contribution in [-0.2, 0) is 0 Å². The summed E-state index contributed by atoms with van der Waals surface area (Å²) in [6, 6.07) is 13.1. The number of nitrogens with one attached hydrogen (secondary N) is 2. The first-order chi connectivity index (χ1) is 11.1. The number of halogens is 1. The lowest BCUT2D eigenvalue weighted by atomic mass is 10.2. The van der Waals surface area contributed by atoms with Crippen molar-refractivity contribution < 1.29 is 14.7 Å². The van der Waals surface area contributed by atoms with Crippen molar-refractivity contribution in [2.24, 2.45) is 0 Å². The van der Waals surface area contributed by atoms with Gasteiger partial charge in [-0.3, -0.25) is 20.4 Å². The second-order valence-electron chi connectivity index (χ2n) is 4.70. The molecular formula is C16H11ClN2O3S. The Morgan fingerprint density at radius 3 is 2.30 bits per heavy atom. The molecule has 0 saturated carbocycles. The lowest BCUT2D eigenvalue weighted by Gasteiger charge is -2.06. The first-order valence-electron chi connectivity index (χ1n) is 6.63. The lowest BCUT2D eigenvalue weighted by Crippen LogP contribution is -2.41. The molecule has 2 amide bonds. The molecule has 0 bridgehead atoms. The van der Waals surface area contributed by atoms with Gasteiger partial charge in [-0.05, 0) is 30.3 Å². The zero-order valence-corrected chi connectivity index (χ0v) is 13.2. The number of hydrazine groups is 1. The first kappa shape index (κ1) is 15.3. The fourth-order valence-corrected chi connectivity index (χ4v) is 3.43. The highest BCUT2D eigenvalue weighted by Gasteiger charge is 2.17. The SMILES string of the molecule is O=C(NNC(=O)c1sc2ccccc2c1Cl)c1ccc(O)cc1. The molecule has 0 spiro atoms. The van der Waals surface area contributed by atoms with E-state index in [9.17, 15) is 14.7 Å². The highest BCUT2D eigenvalue weighted by Crippen LogP contribution is 2.34. The van der Waals surface area contributed by atoms with Crippen molar-refractivity contribution in [1.82, 2.24) is 10.9 Å². The van der Waals surface area contributed by atoms with Crippen LogP contribution in [0.2, 0.25) is 5.02 Å². The van der Waals surface area contributed by atoms with E-state index in [1.54, 1.807) is 0 Å². The Morgan fingerprint density at radius 1 is 0.957 bits per heavy atom. The summed E-state index contributed by atoms with van der Waals surface area (Å²) in [5.74, 6) is -0.915. The fraction of sp³-hybridized carbons (Fsp3) is 0. The molecule has 7 heteroatoms. The monoisotopic (exact) mass is 346 g/mol. The lowest BCUT2D eigenvalue weighted by molar-refractivity contribution is 0.0849. The summed E-state index contributed by atoms with van der Waals surface area (Å²) in [5, 5.41) is 10.4. The highest BCUT2D eigenvalue weighted by atomic mass is 35.5. The molecular weight excluding hydrogens is 336 g/mol. The first-order valence-corrected chi connectivity index (χ1v) is 7.82. The smallest absolute Gasteiger partial charge is 0.281 e. The topological polar surface area (TPSA) is 78.4 Å². The predicted octanol–water partition coefficient (Wildman–Crippen LogP) is 3.34. The number of hydrogen-bond donors (Lipinski definition) is 3. The molecule has 0 aliphatic carbocycles. The summed E-state index contributed by atoms with van der Waals surface area (Å²) in [4.78, 5) is 24.4. The van der Waals surface area contributed by atoms with Crippen LogP contribution in [0, 0.1) is 0 Å². The van der Waals surface area contributed by atoms with Gasteiger partial charge in [0.05, 0.1) is 5.02 Å². The molecule has 2 aromatic carbocycles. The summed E-state index contributed by atoms with van der Waals surface area (Å²) >= 11 is 7.46. The van der Waals surface area contributed by atoms with Crippen LogP contribution in [0.1, 0.15) is 20.0 Å². The van der Waals surface area contributed by atoms with E-state index in [-0.39, 0.29) is 5.75 Å². The van der Waals surface area contributed by atoms with Gasteiger partial charge in [0.25, 0.3) is 11.8 Å². The second kappa shape index (κ2) is 6.28. The number of benzene rings is 2. The van der Waals surface area contributed by atoms with Crippen molar-refractivity contribution in [1.29, 1.82) is 0 Å². The number of carbonyl (C=O) groups excluding carboxylic acids is 2. The number of rotatable bonds is 2. The third kappa shape index (κ3) is 3.13. The number of carbonyl (C=O) groups is 2. The van der Waals surface area contributed by atoms with Crippen molar-refractivity contribution in [3.05, 3.63) is 64.0 Å². The van der Waals surface area contributed by atoms with Gasteiger partial charge in [-0.2, -0.15) is 0 Å². The standard InChI is InChI=1S/C16H11ClN2O3S/c17-13-11-3-1-2-4-12(11)23-14(13)16(22)19-18-15(21)9-5-7-10(20)8-6-9/h1-8,20H,(H,18,21)(H,19,22). The van der Waals surface area contributed by atoms with Crippen molar-refractivity contribution >= 4 is 44.8 Å². The van der Waals surface area contributed by atoms with Crippen molar-refractivity contribution in [2.45, 2.75) is 0 Å². The van der Waals surface area contributed by atoms with Crippen LogP contribution >= 0.6 is 22.9 Å². The number of amides is 2. The Labute approximate surface area is 140 Å². The van der Waals surface area contributed by atoms with Crippen LogP contribution in [0.5, 0.6) is 5.75 Å². The molecule has 116 valence electrons. The molecule has 5 nitrogen and oxygen atoms in total. The Balaban J connectivity index is 1.72. The van der Waals surface area contributed by atoms with Crippen molar-refractivity contribution in [2.75, 3.05) is 0 Å². The zero-order chi connectivity index (χ0) is 16.4. The van der Waals surface area contributed by atoms with Gasteiger partial charge >= 0.3 is 0 Å². The van der Waals surface area contributed by atoms with E-state index >= 15 is 0 Å². The maximum Gasteiger partial charge on any atom is 0.281 e. The number of phenols is 1. The van der Waals surface area contributed by atoms with E-state index in [1.807, 2.05) is 24.3 Å². The maximum absolute atomic E-state index is 12.2. The van der Waals surface area contributed by atoms with Gasteiger partial charge in [-0.25, -0.2) is 0 Å². The van der Waals surface area contributed by atoms with E-state index in [0.717, 1.165) is 10.1 Å². The minimum atomic E-state index is -0.490. The predicted molar refractivity (Wildman–Crippen MR) is 89.9 cm³/mol. The highest BCUT2D eigenvalue weighted by molar-refractivity contribution is 7.21. The van der Waals surface area contributed by atoms with Gasteiger partial charge in [0.1, 0.15) is 10.6 Å². The van der Waals surface area contributed by atoms with Crippen molar-refractivity contribution in [3.8, 4) is 5.75 Å². The third-order valence-electron chi connectivity index (χ3n) is 3.16. The van der Waals surface area contributed by atoms with Crippen LogP contribution in [0.3, 0.4) is 0 Å². The quantitative estimate of drug-likeness (QED) is 0.623. The van der Waals surface area contributed by atoms with Crippen LogP contribution in [0.15, 0.2) is 48.5 Å². The molecule has 3 rings (SSSR count). The Hall–Kier alpha value is -2.57. The Kier molecular flexibility index (Phi) is 4.18. The van der Waals surface area contributed by atoms with Gasteiger partial charge in [-0.1, -0.05) is 29.8 Å². The van der Waals surface area contributed by atoms with Crippen molar-refractivity contribution in [3.63, 3.8) is 0 Å². The number of aromatic hydroxyl groups is 1. The van der Waals surface area contributed by atoms with Gasteiger partial charge in [-0.15, -0.1) is 11.3 Å². The molecule has 0 unspecified atom stereocenters. The number of thiophene rings is 1. The molecule has 23 heavy (non-hydrogen) atoms. The molecule has 0 radical (unpaired) electrons. The zero-order valence-electron chi connectivity index (χ0n) is 11.7. The Bertz CT molecular complexity index is 890.